The number of hydrogen-bond acceptors (Lipinski definition) is 6. The first-order valence-electron chi connectivity index (χ1n) is 12.1. The number of carboxylic acids is 1. The van der Waals surface area contributed by atoms with E-state index in [-0.39, 0.29) is 28.9 Å². The summed E-state index contributed by atoms with van der Waals surface area (Å²) in [7, 11) is -2.12. The van der Waals surface area contributed by atoms with Gasteiger partial charge in [0.05, 0.1) is 18.0 Å². The molecule has 188 valence electrons. The number of likely N-dealkylation sites (tertiary alicyclic amines) is 1. The van der Waals surface area contributed by atoms with Gasteiger partial charge in [-0.25, -0.2) is 0 Å². The number of aromatic amines is 1. The number of phenols is 1. The average molecular weight is 490 g/mol. The number of hydrogen-bond donors (Lipinski definition) is 4. The molecule has 1 saturated heterocycles. The molecule has 0 spiro atoms. The third kappa shape index (κ3) is 6.47. The molecule has 1 aliphatic rings. The van der Waals surface area contributed by atoms with E-state index < -0.39 is 14.3 Å². The highest BCUT2D eigenvalue weighted by atomic mass is 28.4. The van der Waals surface area contributed by atoms with Gasteiger partial charge in [0.15, 0.2) is 8.32 Å². The zero-order valence-electron chi connectivity index (χ0n) is 21.0. The van der Waals surface area contributed by atoms with E-state index in [0.717, 1.165) is 36.9 Å². The number of nitrogens with zero attached hydrogens (tertiary/aromatic N) is 1. The van der Waals surface area contributed by atoms with Crippen LogP contribution in [0.15, 0.2) is 29.1 Å². The molecular weight excluding hydrogens is 450 g/mol. The molecule has 1 atom stereocenters. The summed E-state index contributed by atoms with van der Waals surface area (Å²) in [6.45, 7) is 14.1. The number of nitrogens with one attached hydrogen (secondary N) is 2. The van der Waals surface area contributed by atoms with Crippen molar-refractivity contribution in [2.24, 2.45) is 0 Å². The van der Waals surface area contributed by atoms with Gasteiger partial charge in [-0.15, -0.1) is 0 Å². The van der Waals surface area contributed by atoms with E-state index in [2.05, 4.69) is 49.1 Å². The normalized spacial score (nSPS) is 17.2. The fourth-order valence-electron chi connectivity index (χ4n) is 4.18. The number of rotatable bonds is 9. The number of aromatic hydroxyl groups is 1. The van der Waals surface area contributed by atoms with Crippen molar-refractivity contribution in [1.29, 1.82) is 0 Å². The van der Waals surface area contributed by atoms with Crippen molar-refractivity contribution in [2.75, 3.05) is 26.2 Å². The minimum Gasteiger partial charge on any atom is -0.506 e. The summed E-state index contributed by atoms with van der Waals surface area (Å²) in [6, 6.07) is 7.08. The van der Waals surface area contributed by atoms with Gasteiger partial charge in [0.2, 0.25) is 5.56 Å². The first-order valence-corrected chi connectivity index (χ1v) is 15.0. The van der Waals surface area contributed by atoms with Gasteiger partial charge in [-0.2, -0.15) is 0 Å². The second kappa shape index (κ2) is 10.6. The standard InChI is InChI=1S/C25H39N3O5Si/c1-25(2,3)34(4,5)33-21(16-26-17-10-13-28(14-11-17)15-12-23(31)32)18-6-8-20(29)24-19(18)7-9-22(30)27-24/h6-9,17,21,26,29H,10-16H2,1-5H3,(H,27,30)(H,31,32)/t21-/m1/s1. The zero-order valence-corrected chi connectivity index (χ0v) is 22.0. The van der Waals surface area contributed by atoms with Crippen LogP contribution in [-0.4, -0.2) is 66.6 Å². The first kappa shape index (κ1) is 26.4. The Hall–Kier alpha value is -2.20. The molecule has 3 rings (SSSR count). The molecule has 1 fully saturated rings. The van der Waals surface area contributed by atoms with Crippen molar-refractivity contribution in [1.82, 2.24) is 15.2 Å². The van der Waals surface area contributed by atoms with Crippen LogP contribution in [0, 0.1) is 0 Å². The van der Waals surface area contributed by atoms with Crippen LogP contribution in [0.3, 0.4) is 0 Å². The van der Waals surface area contributed by atoms with E-state index in [0.29, 0.717) is 24.6 Å². The van der Waals surface area contributed by atoms with E-state index in [4.69, 9.17) is 9.53 Å². The summed E-state index contributed by atoms with van der Waals surface area (Å²) in [4.78, 5) is 27.7. The highest BCUT2D eigenvalue weighted by molar-refractivity contribution is 6.74. The topological polar surface area (TPSA) is 115 Å². The third-order valence-corrected chi connectivity index (χ3v) is 11.8. The van der Waals surface area contributed by atoms with E-state index in [1.54, 1.807) is 12.1 Å². The molecule has 0 bridgehead atoms. The Morgan fingerprint density at radius 1 is 1.24 bits per heavy atom. The lowest BCUT2D eigenvalue weighted by Crippen LogP contribution is -2.47. The van der Waals surface area contributed by atoms with Crippen LogP contribution in [0.5, 0.6) is 5.75 Å². The molecule has 2 aromatic rings. The van der Waals surface area contributed by atoms with Gasteiger partial charge in [0, 0.05) is 30.6 Å². The summed E-state index contributed by atoms with van der Waals surface area (Å²) >= 11 is 0. The van der Waals surface area contributed by atoms with Gasteiger partial charge in [-0.1, -0.05) is 26.8 Å². The van der Waals surface area contributed by atoms with Crippen molar-refractivity contribution >= 4 is 25.2 Å². The van der Waals surface area contributed by atoms with Gasteiger partial charge in [-0.3, -0.25) is 9.59 Å². The molecule has 2 heterocycles. The van der Waals surface area contributed by atoms with Crippen molar-refractivity contribution in [2.45, 2.75) is 70.3 Å². The maximum Gasteiger partial charge on any atom is 0.304 e. The van der Waals surface area contributed by atoms with Crippen LogP contribution in [0.4, 0.5) is 0 Å². The maximum absolute atomic E-state index is 11.9. The highest BCUT2D eigenvalue weighted by Crippen LogP contribution is 2.41. The fraction of sp³-hybridized carbons (Fsp3) is 0.600. The van der Waals surface area contributed by atoms with Crippen LogP contribution in [0.2, 0.25) is 18.1 Å². The van der Waals surface area contributed by atoms with Crippen molar-refractivity contribution < 1.29 is 19.4 Å². The molecule has 1 aliphatic heterocycles. The highest BCUT2D eigenvalue weighted by Gasteiger charge is 2.40. The lowest BCUT2D eigenvalue weighted by molar-refractivity contribution is -0.137. The second-order valence-corrected chi connectivity index (χ2v) is 15.6. The maximum atomic E-state index is 11.9. The van der Waals surface area contributed by atoms with Gasteiger partial charge >= 0.3 is 5.97 Å². The number of aliphatic carboxylic acids is 1. The number of aromatic nitrogens is 1. The molecule has 4 N–H and O–H groups in total. The molecule has 1 aromatic heterocycles. The summed E-state index contributed by atoms with van der Waals surface area (Å²) in [5, 5.41) is 23.8. The zero-order chi connectivity index (χ0) is 25.1. The Morgan fingerprint density at radius 2 is 1.91 bits per heavy atom. The quantitative estimate of drug-likeness (QED) is 0.396. The van der Waals surface area contributed by atoms with Gasteiger partial charge < -0.3 is 29.8 Å². The lowest BCUT2D eigenvalue weighted by atomic mass is 10.0. The van der Waals surface area contributed by atoms with Crippen molar-refractivity contribution in [3.05, 3.63) is 40.2 Å². The van der Waals surface area contributed by atoms with E-state index in [9.17, 15) is 14.7 Å². The molecule has 0 amide bonds. The van der Waals surface area contributed by atoms with Gasteiger partial charge in [0.25, 0.3) is 0 Å². The molecule has 0 radical (unpaired) electrons. The number of fused-ring (bicyclic) bond motifs is 1. The SMILES string of the molecule is CC(C)(C)[Si](C)(C)O[C@H](CNC1CCN(CCC(=O)O)CC1)c1ccc(O)c2[nH]c(=O)ccc12. The summed E-state index contributed by atoms with van der Waals surface area (Å²) < 4.78 is 6.87. The Bertz CT molecular complexity index is 1050. The number of H-pyrrole nitrogens is 1. The predicted octanol–water partition coefficient (Wildman–Crippen LogP) is 3.83. The fourth-order valence-corrected chi connectivity index (χ4v) is 5.45. The molecular formula is C25H39N3O5Si. The third-order valence-electron chi connectivity index (χ3n) is 7.32. The number of phenolic OH excluding ortho intramolecular Hbond substituents is 1. The summed E-state index contributed by atoms with van der Waals surface area (Å²) in [6.07, 6.45) is 1.85. The number of pyridine rings is 1. The van der Waals surface area contributed by atoms with E-state index in [1.165, 1.54) is 6.07 Å². The van der Waals surface area contributed by atoms with Gasteiger partial charge in [-0.05, 0) is 61.8 Å². The van der Waals surface area contributed by atoms with Crippen molar-refractivity contribution in [3.63, 3.8) is 0 Å². The van der Waals surface area contributed by atoms with Crippen LogP contribution in [-0.2, 0) is 9.22 Å². The smallest absolute Gasteiger partial charge is 0.304 e. The molecule has 0 saturated carbocycles. The predicted molar refractivity (Wildman–Crippen MR) is 137 cm³/mol. The minimum atomic E-state index is -2.12. The monoisotopic (exact) mass is 489 g/mol. The molecule has 8 nitrogen and oxygen atoms in total. The van der Waals surface area contributed by atoms with Crippen LogP contribution in [0.25, 0.3) is 10.9 Å². The van der Waals surface area contributed by atoms with E-state index >= 15 is 0 Å². The number of carbonyl (C=O) groups is 1. The van der Waals surface area contributed by atoms with Crippen LogP contribution < -0.4 is 10.9 Å². The second-order valence-electron chi connectivity index (χ2n) is 10.8. The summed E-state index contributed by atoms with van der Waals surface area (Å²) in [5.74, 6) is -0.711. The Morgan fingerprint density at radius 3 is 2.53 bits per heavy atom. The Labute approximate surface area is 202 Å². The average Bonchev–Trinajstić information content (AvgIpc) is 2.76. The molecule has 0 aliphatic carbocycles. The van der Waals surface area contributed by atoms with Gasteiger partial charge in [0.1, 0.15) is 5.75 Å². The number of carboxylic acid groups (broad SMARTS) is 1. The van der Waals surface area contributed by atoms with Crippen LogP contribution >= 0.6 is 0 Å². The molecule has 9 heteroatoms. The Balaban J connectivity index is 1.80. The van der Waals surface area contributed by atoms with E-state index in [1.807, 2.05) is 6.07 Å². The largest absolute Gasteiger partial charge is 0.506 e. The number of piperidine rings is 1. The molecule has 34 heavy (non-hydrogen) atoms. The first-order chi connectivity index (χ1) is 15.9. The molecule has 1 aromatic carbocycles. The minimum absolute atomic E-state index is 0.0295. The van der Waals surface area contributed by atoms with Crippen LogP contribution in [0.1, 0.15) is 51.7 Å². The lowest BCUT2D eigenvalue weighted by Gasteiger charge is -2.40. The Kier molecular flexibility index (Phi) is 8.23. The summed E-state index contributed by atoms with van der Waals surface area (Å²) in [5.41, 5.74) is 1.12. The molecule has 0 unspecified atom stereocenters. The van der Waals surface area contributed by atoms with Crippen molar-refractivity contribution in [3.8, 4) is 5.75 Å². The number of benzene rings is 1.